The highest BCUT2D eigenvalue weighted by Gasteiger charge is 2.47. The van der Waals surface area contributed by atoms with Gasteiger partial charge in [-0.3, -0.25) is 0 Å². The van der Waals surface area contributed by atoms with E-state index in [1.807, 2.05) is 0 Å². The molecule has 0 unspecified atom stereocenters. The smallest absolute Gasteiger partial charge is 0.161 e. The zero-order chi connectivity index (χ0) is 44.0. The lowest BCUT2D eigenvalue weighted by atomic mass is 9.67. The van der Waals surface area contributed by atoms with E-state index in [4.69, 9.17) is 9.97 Å². The fourth-order valence-electron chi connectivity index (χ4n) is 11.7. The van der Waals surface area contributed by atoms with Crippen LogP contribution in [0.2, 0.25) is 0 Å². The van der Waals surface area contributed by atoms with Crippen LogP contribution >= 0.6 is 0 Å². The Labute approximate surface area is 385 Å². The molecule has 0 amide bonds. The molecule has 11 aromatic rings. The molecule has 0 radical (unpaired) electrons. The van der Waals surface area contributed by atoms with Crippen LogP contribution in [0.4, 0.5) is 0 Å². The molecule has 2 nitrogen and oxygen atoms in total. The maximum absolute atomic E-state index is 5.62. The lowest BCUT2D eigenvalue weighted by molar-refractivity contribution is 0.663. The first-order valence-electron chi connectivity index (χ1n) is 23.0. The molecule has 0 aliphatic heterocycles. The lowest BCUT2D eigenvalue weighted by Gasteiger charge is -2.33. The van der Waals surface area contributed by atoms with Gasteiger partial charge in [-0.25, -0.2) is 9.97 Å². The molecule has 1 aromatic heterocycles. The average molecular weight is 841 g/mol. The van der Waals surface area contributed by atoms with Gasteiger partial charge < -0.3 is 0 Å². The van der Waals surface area contributed by atoms with Crippen LogP contribution in [0.1, 0.15) is 47.2 Å². The zero-order valence-corrected chi connectivity index (χ0v) is 36.8. The van der Waals surface area contributed by atoms with Gasteiger partial charge in [0.05, 0.1) is 16.8 Å². The summed E-state index contributed by atoms with van der Waals surface area (Å²) in [6.07, 6.45) is 0. The standard InChI is InChI=1S/C64H44N2/c1-63(2)57-39-43-23-13-12-22-42(43)38-54(57)50-32-18-31-49(61(50)63)48-36-37-51(47-29-15-14-28-46(47)48)62-65-58(41-20-6-3-7-21-41)40-59(66-62)53-33-19-35-56-60(53)52-30-16-17-34-55(52)64(56,44-24-8-4-9-25-44)45-26-10-5-11-27-45/h3-40H,1-2H3. The summed E-state index contributed by atoms with van der Waals surface area (Å²) >= 11 is 0. The summed E-state index contributed by atoms with van der Waals surface area (Å²) in [7, 11) is 0. The second kappa shape index (κ2) is 14.7. The van der Waals surface area contributed by atoms with E-state index >= 15 is 0 Å². The van der Waals surface area contributed by atoms with Crippen molar-refractivity contribution in [3.8, 4) is 67.3 Å². The topological polar surface area (TPSA) is 25.8 Å². The Morgan fingerprint density at radius 1 is 0.333 bits per heavy atom. The van der Waals surface area contributed by atoms with E-state index in [0.29, 0.717) is 5.82 Å². The van der Waals surface area contributed by atoms with E-state index in [9.17, 15) is 0 Å². The van der Waals surface area contributed by atoms with Crippen molar-refractivity contribution in [1.29, 1.82) is 0 Å². The molecule has 2 aliphatic rings. The predicted octanol–water partition coefficient (Wildman–Crippen LogP) is 16.1. The number of hydrogen-bond acceptors (Lipinski definition) is 2. The maximum Gasteiger partial charge on any atom is 0.161 e. The van der Waals surface area contributed by atoms with E-state index in [1.165, 1.54) is 82.9 Å². The Bertz CT molecular complexity index is 3680. The minimum absolute atomic E-state index is 0.194. The Morgan fingerprint density at radius 3 is 1.58 bits per heavy atom. The second-order valence-corrected chi connectivity index (χ2v) is 18.4. The molecular weight excluding hydrogens is 797 g/mol. The van der Waals surface area contributed by atoms with Crippen LogP contribution < -0.4 is 0 Å². The Balaban J connectivity index is 1.03. The molecule has 0 saturated heterocycles. The van der Waals surface area contributed by atoms with Crippen molar-refractivity contribution in [3.63, 3.8) is 0 Å². The normalized spacial score (nSPS) is 13.8. The first-order valence-corrected chi connectivity index (χ1v) is 23.0. The third kappa shape index (κ3) is 5.55. The number of nitrogens with zero attached hydrogens (tertiary/aromatic N) is 2. The van der Waals surface area contributed by atoms with Crippen molar-refractivity contribution in [2.75, 3.05) is 0 Å². The fraction of sp³-hybridized carbons (Fsp3) is 0.0625. The second-order valence-electron chi connectivity index (χ2n) is 18.4. The highest BCUT2D eigenvalue weighted by Crippen LogP contribution is 2.59. The summed E-state index contributed by atoms with van der Waals surface area (Å²) < 4.78 is 0. The minimum atomic E-state index is -0.518. The quantitative estimate of drug-likeness (QED) is 0.167. The molecule has 0 bridgehead atoms. The van der Waals surface area contributed by atoms with Gasteiger partial charge in [-0.05, 0) is 113 Å². The van der Waals surface area contributed by atoms with E-state index < -0.39 is 5.41 Å². The van der Waals surface area contributed by atoms with Crippen LogP contribution in [0.25, 0.3) is 88.8 Å². The Hall–Kier alpha value is -8.20. The van der Waals surface area contributed by atoms with Gasteiger partial charge in [0.25, 0.3) is 0 Å². The van der Waals surface area contributed by atoms with Crippen molar-refractivity contribution in [3.05, 3.63) is 264 Å². The van der Waals surface area contributed by atoms with Gasteiger partial charge in [0.2, 0.25) is 0 Å². The SMILES string of the molecule is CC1(C)c2cc3ccccc3cc2-c2cccc(-c3ccc(-c4nc(-c5ccccc5)cc(-c5cccc6c5-c5ccccc5C6(c5ccccc5)c5ccccc5)n4)c4ccccc34)c21. The summed E-state index contributed by atoms with van der Waals surface area (Å²) in [5, 5.41) is 4.86. The molecule has 0 fully saturated rings. The van der Waals surface area contributed by atoms with Crippen molar-refractivity contribution in [1.82, 2.24) is 9.97 Å². The van der Waals surface area contributed by atoms with Gasteiger partial charge in [0.1, 0.15) is 0 Å². The zero-order valence-electron chi connectivity index (χ0n) is 36.8. The van der Waals surface area contributed by atoms with Gasteiger partial charge in [0, 0.05) is 22.1 Å². The van der Waals surface area contributed by atoms with Gasteiger partial charge in [-0.2, -0.15) is 0 Å². The molecule has 0 spiro atoms. The highest BCUT2D eigenvalue weighted by molar-refractivity contribution is 6.07. The van der Waals surface area contributed by atoms with Crippen molar-refractivity contribution in [2.45, 2.75) is 24.7 Å². The fourth-order valence-corrected chi connectivity index (χ4v) is 11.7. The molecule has 1 heterocycles. The summed E-state index contributed by atoms with van der Waals surface area (Å²) in [6, 6.07) is 84.3. The molecule has 66 heavy (non-hydrogen) atoms. The molecule has 0 atom stereocenters. The van der Waals surface area contributed by atoms with E-state index in [-0.39, 0.29) is 5.41 Å². The molecule has 0 saturated carbocycles. The largest absolute Gasteiger partial charge is 0.228 e. The number of hydrogen-bond donors (Lipinski definition) is 0. The van der Waals surface area contributed by atoms with Gasteiger partial charge >= 0.3 is 0 Å². The first-order chi connectivity index (χ1) is 32.5. The average Bonchev–Trinajstić information content (AvgIpc) is 3.81. The van der Waals surface area contributed by atoms with Crippen molar-refractivity contribution in [2.24, 2.45) is 0 Å². The summed E-state index contributed by atoms with van der Waals surface area (Å²) in [5.41, 5.74) is 19.5. The molecular formula is C64H44N2. The van der Waals surface area contributed by atoms with Crippen molar-refractivity contribution < 1.29 is 0 Å². The molecule has 10 aromatic carbocycles. The molecule has 2 aliphatic carbocycles. The molecule has 13 rings (SSSR count). The van der Waals surface area contributed by atoms with Crippen LogP contribution in [0.5, 0.6) is 0 Å². The molecule has 310 valence electrons. The maximum atomic E-state index is 5.62. The predicted molar refractivity (Wildman–Crippen MR) is 274 cm³/mol. The van der Waals surface area contributed by atoms with Crippen LogP contribution in [0, 0.1) is 0 Å². The number of benzene rings is 10. The third-order valence-corrected chi connectivity index (χ3v) is 14.5. The Morgan fingerprint density at radius 2 is 0.848 bits per heavy atom. The van der Waals surface area contributed by atoms with E-state index in [2.05, 4.69) is 244 Å². The van der Waals surface area contributed by atoms with Gasteiger partial charge in [-0.1, -0.05) is 220 Å². The summed E-state index contributed by atoms with van der Waals surface area (Å²) in [6.45, 7) is 4.78. The lowest BCUT2D eigenvalue weighted by Crippen LogP contribution is -2.28. The highest BCUT2D eigenvalue weighted by atomic mass is 14.9. The molecule has 2 heteroatoms. The Kier molecular flexibility index (Phi) is 8.51. The first kappa shape index (κ1) is 38.3. The van der Waals surface area contributed by atoms with Gasteiger partial charge in [-0.15, -0.1) is 0 Å². The van der Waals surface area contributed by atoms with Crippen LogP contribution in [-0.4, -0.2) is 9.97 Å². The van der Waals surface area contributed by atoms with Crippen molar-refractivity contribution >= 4 is 21.5 Å². The minimum Gasteiger partial charge on any atom is -0.228 e. The van der Waals surface area contributed by atoms with E-state index in [0.717, 1.165) is 33.5 Å². The van der Waals surface area contributed by atoms with E-state index in [1.54, 1.807) is 0 Å². The van der Waals surface area contributed by atoms with Gasteiger partial charge in [0.15, 0.2) is 5.82 Å². The monoisotopic (exact) mass is 840 g/mol. The van der Waals surface area contributed by atoms with Crippen LogP contribution in [-0.2, 0) is 10.8 Å². The summed E-state index contributed by atoms with van der Waals surface area (Å²) in [4.78, 5) is 11.1. The number of rotatable bonds is 6. The number of aromatic nitrogens is 2. The third-order valence-electron chi connectivity index (χ3n) is 14.5. The summed E-state index contributed by atoms with van der Waals surface area (Å²) in [5.74, 6) is 0.702. The van der Waals surface area contributed by atoms with Crippen LogP contribution in [0.3, 0.4) is 0 Å². The number of fused-ring (bicyclic) bond motifs is 8. The molecule has 0 N–H and O–H groups in total. The van der Waals surface area contributed by atoms with Crippen LogP contribution in [0.15, 0.2) is 231 Å².